The third-order valence-electron chi connectivity index (χ3n) is 2.19. The molecule has 0 aromatic carbocycles. The van der Waals surface area contributed by atoms with E-state index in [1.54, 1.807) is 0 Å². The van der Waals surface area contributed by atoms with Gasteiger partial charge < -0.3 is 14.9 Å². The molecule has 3 nitrogen and oxygen atoms in total. The van der Waals surface area contributed by atoms with E-state index in [9.17, 15) is 13.2 Å². The molecular formula is C10H19F3O3. The molecule has 0 rings (SSSR count). The summed E-state index contributed by atoms with van der Waals surface area (Å²) in [6, 6.07) is 0. The van der Waals surface area contributed by atoms with Crippen LogP contribution in [0.4, 0.5) is 13.2 Å². The molecule has 2 N–H and O–H groups in total. The lowest BCUT2D eigenvalue weighted by Crippen LogP contribution is -2.37. The van der Waals surface area contributed by atoms with Crippen molar-refractivity contribution in [1.29, 1.82) is 0 Å². The Labute approximate surface area is 93.2 Å². The van der Waals surface area contributed by atoms with Crippen LogP contribution < -0.4 is 0 Å². The van der Waals surface area contributed by atoms with Crippen LogP contribution in [0, 0.1) is 11.3 Å². The smallest absolute Gasteiger partial charge is 0.396 e. The Balaban J connectivity index is 4.22. The molecule has 0 radical (unpaired) electrons. The molecule has 0 aromatic rings. The van der Waals surface area contributed by atoms with Crippen LogP contribution >= 0.6 is 0 Å². The van der Waals surface area contributed by atoms with E-state index in [0.717, 1.165) is 0 Å². The Morgan fingerprint density at radius 1 is 1.06 bits per heavy atom. The largest absolute Gasteiger partial charge is 0.411 e. The van der Waals surface area contributed by atoms with Crippen LogP contribution in [0.2, 0.25) is 0 Å². The zero-order valence-corrected chi connectivity index (χ0v) is 9.55. The summed E-state index contributed by atoms with van der Waals surface area (Å²) in [5.74, 6) is 0.161. The Morgan fingerprint density at radius 3 is 1.88 bits per heavy atom. The van der Waals surface area contributed by atoms with Gasteiger partial charge in [-0.2, -0.15) is 13.2 Å². The van der Waals surface area contributed by atoms with Gasteiger partial charge in [-0.1, -0.05) is 13.8 Å². The van der Waals surface area contributed by atoms with Crippen molar-refractivity contribution in [3.8, 4) is 0 Å². The van der Waals surface area contributed by atoms with Gasteiger partial charge in [0.1, 0.15) is 6.61 Å². The van der Waals surface area contributed by atoms with Gasteiger partial charge in [0, 0.05) is 5.41 Å². The number of aliphatic hydroxyl groups excluding tert-OH is 2. The topological polar surface area (TPSA) is 49.7 Å². The lowest BCUT2D eigenvalue weighted by Gasteiger charge is -2.31. The normalized spacial score (nSPS) is 13.5. The molecule has 0 fully saturated rings. The first-order valence-electron chi connectivity index (χ1n) is 5.11. The van der Waals surface area contributed by atoms with Gasteiger partial charge in [0.05, 0.1) is 19.8 Å². The molecule has 0 bridgehead atoms. The van der Waals surface area contributed by atoms with Crippen molar-refractivity contribution in [1.82, 2.24) is 0 Å². The number of hydrogen-bond acceptors (Lipinski definition) is 3. The zero-order valence-electron chi connectivity index (χ0n) is 9.55. The lowest BCUT2D eigenvalue weighted by molar-refractivity contribution is -0.185. The summed E-state index contributed by atoms with van der Waals surface area (Å²) in [7, 11) is 0. The van der Waals surface area contributed by atoms with Crippen LogP contribution in [0.1, 0.15) is 20.3 Å². The SMILES string of the molecule is CC(C)CC(CO)(CO)COCC(F)(F)F. The molecule has 0 saturated heterocycles. The van der Waals surface area contributed by atoms with Gasteiger partial charge >= 0.3 is 6.18 Å². The minimum atomic E-state index is -4.38. The molecule has 98 valence electrons. The van der Waals surface area contributed by atoms with Crippen LogP contribution in [0.15, 0.2) is 0 Å². The lowest BCUT2D eigenvalue weighted by atomic mass is 9.82. The van der Waals surface area contributed by atoms with Gasteiger partial charge in [0.2, 0.25) is 0 Å². The number of alkyl halides is 3. The maximum Gasteiger partial charge on any atom is 0.411 e. The van der Waals surface area contributed by atoms with Gasteiger partial charge in [-0.25, -0.2) is 0 Å². The minimum Gasteiger partial charge on any atom is -0.396 e. The van der Waals surface area contributed by atoms with E-state index in [4.69, 9.17) is 10.2 Å². The minimum absolute atomic E-state index is 0.161. The highest BCUT2D eigenvalue weighted by Gasteiger charge is 2.33. The van der Waals surface area contributed by atoms with Crippen molar-refractivity contribution < 1.29 is 28.1 Å². The maximum absolute atomic E-state index is 11.9. The van der Waals surface area contributed by atoms with E-state index >= 15 is 0 Å². The van der Waals surface area contributed by atoms with Gasteiger partial charge in [-0.05, 0) is 12.3 Å². The summed E-state index contributed by atoms with van der Waals surface area (Å²) in [5, 5.41) is 18.3. The second-order valence-corrected chi connectivity index (χ2v) is 4.52. The molecule has 0 aromatic heterocycles. The van der Waals surface area contributed by atoms with E-state index in [-0.39, 0.29) is 25.7 Å². The third-order valence-corrected chi connectivity index (χ3v) is 2.19. The highest BCUT2D eigenvalue weighted by Crippen LogP contribution is 2.27. The van der Waals surface area contributed by atoms with E-state index in [1.165, 1.54) is 0 Å². The third kappa shape index (κ3) is 6.30. The van der Waals surface area contributed by atoms with E-state index in [0.29, 0.717) is 6.42 Å². The van der Waals surface area contributed by atoms with Crippen molar-refractivity contribution in [3.05, 3.63) is 0 Å². The standard InChI is InChI=1S/C10H19F3O3/c1-8(2)3-9(4-14,5-15)6-16-7-10(11,12)13/h8,14-15H,3-7H2,1-2H3. The van der Waals surface area contributed by atoms with Crippen molar-refractivity contribution >= 4 is 0 Å². The average Bonchev–Trinajstić information content (AvgIpc) is 2.13. The molecule has 0 aliphatic carbocycles. The number of aliphatic hydroxyl groups is 2. The fraction of sp³-hybridized carbons (Fsp3) is 1.00. The molecule has 0 spiro atoms. The maximum atomic E-state index is 11.9. The summed E-state index contributed by atoms with van der Waals surface area (Å²) in [6.07, 6.45) is -3.97. The number of halogens is 3. The molecule has 0 amide bonds. The summed E-state index contributed by atoms with van der Waals surface area (Å²) < 4.78 is 40.1. The molecule has 0 heterocycles. The highest BCUT2D eigenvalue weighted by molar-refractivity contribution is 4.79. The van der Waals surface area contributed by atoms with Gasteiger partial charge in [0.25, 0.3) is 0 Å². The average molecular weight is 244 g/mol. The predicted molar refractivity (Wildman–Crippen MR) is 52.9 cm³/mol. The monoisotopic (exact) mass is 244 g/mol. The van der Waals surface area contributed by atoms with Crippen LogP contribution in [0.5, 0.6) is 0 Å². The van der Waals surface area contributed by atoms with Crippen LogP contribution in [-0.2, 0) is 4.74 Å². The van der Waals surface area contributed by atoms with E-state index < -0.39 is 18.2 Å². The first-order valence-corrected chi connectivity index (χ1v) is 5.11. The summed E-state index contributed by atoms with van der Waals surface area (Å²) >= 11 is 0. The fourth-order valence-electron chi connectivity index (χ4n) is 1.58. The van der Waals surface area contributed by atoms with Crippen LogP contribution in [-0.4, -0.2) is 42.8 Å². The number of rotatable bonds is 7. The molecule has 6 heteroatoms. The molecule has 0 aliphatic heterocycles. The Bertz CT molecular complexity index is 188. The van der Waals surface area contributed by atoms with E-state index in [1.807, 2.05) is 13.8 Å². The van der Waals surface area contributed by atoms with Crippen molar-refractivity contribution in [3.63, 3.8) is 0 Å². The first-order chi connectivity index (χ1) is 7.24. The molecule has 16 heavy (non-hydrogen) atoms. The summed E-state index contributed by atoms with van der Waals surface area (Å²) in [4.78, 5) is 0. The second-order valence-electron chi connectivity index (χ2n) is 4.52. The van der Waals surface area contributed by atoms with Gasteiger partial charge in [0.15, 0.2) is 0 Å². The van der Waals surface area contributed by atoms with Gasteiger partial charge in [-0.3, -0.25) is 0 Å². The summed E-state index contributed by atoms with van der Waals surface area (Å²) in [6.45, 7) is 1.30. The summed E-state index contributed by atoms with van der Waals surface area (Å²) in [5.41, 5.74) is -0.987. The fourth-order valence-corrected chi connectivity index (χ4v) is 1.58. The second kappa shape index (κ2) is 6.42. The Hall–Kier alpha value is -0.330. The molecular weight excluding hydrogens is 225 g/mol. The van der Waals surface area contributed by atoms with Gasteiger partial charge in [-0.15, -0.1) is 0 Å². The van der Waals surface area contributed by atoms with Crippen molar-refractivity contribution in [2.24, 2.45) is 11.3 Å². The van der Waals surface area contributed by atoms with Crippen LogP contribution in [0.25, 0.3) is 0 Å². The van der Waals surface area contributed by atoms with Crippen molar-refractivity contribution in [2.45, 2.75) is 26.4 Å². The number of ether oxygens (including phenoxy) is 1. The Morgan fingerprint density at radius 2 is 1.56 bits per heavy atom. The van der Waals surface area contributed by atoms with Crippen molar-refractivity contribution in [2.75, 3.05) is 26.4 Å². The first kappa shape index (κ1) is 15.7. The van der Waals surface area contributed by atoms with Crippen LogP contribution in [0.3, 0.4) is 0 Å². The molecule has 0 atom stereocenters. The molecule has 0 unspecified atom stereocenters. The predicted octanol–water partition coefficient (Wildman–Crippen LogP) is 1.58. The zero-order chi connectivity index (χ0) is 12.8. The quantitative estimate of drug-likeness (QED) is 0.715. The Kier molecular flexibility index (Phi) is 6.28. The highest BCUT2D eigenvalue weighted by atomic mass is 19.4. The van der Waals surface area contributed by atoms with E-state index in [2.05, 4.69) is 4.74 Å². The molecule has 0 saturated carbocycles. The molecule has 0 aliphatic rings. The number of hydrogen-bond donors (Lipinski definition) is 2.